The van der Waals surface area contributed by atoms with Crippen LogP contribution in [-0.4, -0.2) is 88.4 Å². The minimum Gasteiger partial charge on any atom is -0.391 e. The van der Waals surface area contributed by atoms with E-state index in [0.29, 0.717) is 41.2 Å². The molecule has 2 aromatic rings. The van der Waals surface area contributed by atoms with E-state index in [1.54, 1.807) is 0 Å². The molecule has 0 spiro atoms. The first kappa shape index (κ1) is 20.4. The molecule has 1 N–H and O–H groups in total. The van der Waals surface area contributed by atoms with Gasteiger partial charge in [-0.25, -0.2) is 0 Å². The number of nitrogens with zero attached hydrogens (tertiary/aromatic N) is 5. The summed E-state index contributed by atoms with van der Waals surface area (Å²) < 4.78 is 5.51. The number of hydrogen-bond acceptors (Lipinski definition) is 7. The highest BCUT2D eigenvalue weighted by Gasteiger charge is 2.44. The maximum absolute atomic E-state index is 10.8. The zero-order chi connectivity index (χ0) is 20.7. The standard InChI is InChI=1S/C22H30ClN5O2/c1-26-6-8-28(9-7-26)19-10-16-12-27(13-17(16)11-20(19)29)14-21-24-22(25-30-21)15-2-4-18(23)5-3-15/h2-5,16-17,19-20,29H,6-14H2,1H3/t16-,17+,19-,20-/m1/s1. The van der Waals surface area contributed by atoms with Crippen LogP contribution in [0.2, 0.25) is 5.02 Å². The molecule has 8 heteroatoms. The summed E-state index contributed by atoms with van der Waals surface area (Å²) in [5.74, 6) is 2.44. The molecular formula is C22H30ClN5O2. The first-order valence-electron chi connectivity index (χ1n) is 11.0. The molecule has 1 aliphatic carbocycles. The van der Waals surface area contributed by atoms with Crippen molar-refractivity contribution < 1.29 is 9.63 Å². The Morgan fingerprint density at radius 3 is 2.50 bits per heavy atom. The van der Waals surface area contributed by atoms with Gasteiger partial charge in [0.15, 0.2) is 0 Å². The molecule has 0 amide bonds. The van der Waals surface area contributed by atoms with Gasteiger partial charge < -0.3 is 14.5 Å². The number of rotatable bonds is 4. The molecule has 4 atom stereocenters. The first-order chi connectivity index (χ1) is 14.5. The number of benzene rings is 1. The van der Waals surface area contributed by atoms with Crippen LogP contribution >= 0.6 is 11.6 Å². The molecule has 3 aliphatic rings. The maximum atomic E-state index is 10.8. The Morgan fingerprint density at radius 2 is 1.77 bits per heavy atom. The van der Waals surface area contributed by atoms with Crippen LogP contribution in [0.1, 0.15) is 18.7 Å². The van der Waals surface area contributed by atoms with Crippen molar-refractivity contribution in [1.82, 2.24) is 24.8 Å². The molecule has 1 aromatic heterocycles. The number of aliphatic hydroxyl groups excluding tert-OH is 1. The minimum atomic E-state index is -0.213. The fourth-order valence-electron chi connectivity index (χ4n) is 5.41. The molecule has 2 aliphatic heterocycles. The third kappa shape index (κ3) is 4.27. The van der Waals surface area contributed by atoms with E-state index in [2.05, 4.69) is 31.9 Å². The van der Waals surface area contributed by atoms with Crippen LogP contribution in [0.25, 0.3) is 11.4 Å². The number of hydrogen-bond donors (Lipinski definition) is 1. The van der Waals surface area contributed by atoms with Crippen molar-refractivity contribution in [1.29, 1.82) is 0 Å². The van der Waals surface area contributed by atoms with Gasteiger partial charge in [-0.15, -0.1) is 0 Å². The van der Waals surface area contributed by atoms with Gasteiger partial charge in [-0.3, -0.25) is 9.80 Å². The summed E-state index contributed by atoms with van der Waals surface area (Å²) in [6.45, 7) is 7.02. The second kappa shape index (κ2) is 8.55. The molecule has 0 bridgehead atoms. The van der Waals surface area contributed by atoms with E-state index in [1.165, 1.54) is 0 Å². The van der Waals surface area contributed by atoms with E-state index in [-0.39, 0.29) is 6.10 Å². The predicted octanol–water partition coefficient (Wildman–Crippen LogP) is 2.21. The molecule has 1 saturated carbocycles. The van der Waals surface area contributed by atoms with Crippen molar-refractivity contribution in [2.45, 2.75) is 31.5 Å². The second-order valence-corrected chi connectivity index (χ2v) is 9.61. The first-order valence-corrected chi connectivity index (χ1v) is 11.3. The molecule has 3 heterocycles. The van der Waals surface area contributed by atoms with Crippen LogP contribution in [0.5, 0.6) is 0 Å². The Morgan fingerprint density at radius 1 is 1.07 bits per heavy atom. The number of aromatic nitrogens is 2. The van der Waals surface area contributed by atoms with Gasteiger partial charge in [-0.05, 0) is 56.0 Å². The Balaban J connectivity index is 1.19. The van der Waals surface area contributed by atoms with Crippen molar-refractivity contribution in [3.8, 4) is 11.4 Å². The molecule has 5 rings (SSSR count). The molecule has 0 radical (unpaired) electrons. The average molecular weight is 432 g/mol. The summed E-state index contributed by atoms with van der Waals surface area (Å²) >= 11 is 5.96. The number of likely N-dealkylation sites (N-methyl/N-ethyl adjacent to an activating group) is 1. The summed E-state index contributed by atoms with van der Waals surface area (Å²) in [4.78, 5) is 11.9. The van der Waals surface area contributed by atoms with Crippen molar-refractivity contribution in [3.63, 3.8) is 0 Å². The summed E-state index contributed by atoms with van der Waals surface area (Å²) in [6, 6.07) is 7.78. The lowest BCUT2D eigenvalue weighted by molar-refractivity contribution is -0.0249. The van der Waals surface area contributed by atoms with E-state index in [0.717, 1.165) is 57.7 Å². The van der Waals surface area contributed by atoms with Gasteiger partial charge in [0.25, 0.3) is 0 Å². The fraction of sp³-hybridized carbons (Fsp3) is 0.636. The highest BCUT2D eigenvalue weighted by molar-refractivity contribution is 6.30. The summed E-state index contributed by atoms with van der Waals surface area (Å²) in [5.41, 5.74) is 0.905. The third-order valence-corrected chi connectivity index (χ3v) is 7.37. The van der Waals surface area contributed by atoms with Gasteiger partial charge in [0, 0.05) is 55.9 Å². The maximum Gasteiger partial charge on any atom is 0.241 e. The molecule has 1 aromatic carbocycles. The van der Waals surface area contributed by atoms with Gasteiger partial charge in [0.1, 0.15) is 0 Å². The van der Waals surface area contributed by atoms with Crippen LogP contribution in [0.3, 0.4) is 0 Å². The van der Waals surface area contributed by atoms with E-state index in [9.17, 15) is 5.11 Å². The number of fused-ring (bicyclic) bond motifs is 1. The SMILES string of the molecule is CN1CCN([C@@H]2C[C@@H]3CN(Cc4nc(-c5ccc(Cl)cc5)no4)C[C@@H]3C[C@H]2O)CC1. The Labute approximate surface area is 182 Å². The lowest BCUT2D eigenvalue weighted by Crippen LogP contribution is -2.55. The smallest absolute Gasteiger partial charge is 0.241 e. The van der Waals surface area contributed by atoms with Crippen LogP contribution < -0.4 is 0 Å². The van der Waals surface area contributed by atoms with Gasteiger partial charge in [0.05, 0.1) is 12.6 Å². The predicted molar refractivity (Wildman–Crippen MR) is 115 cm³/mol. The van der Waals surface area contributed by atoms with Crippen molar-refractivity contribution in [2.24, 2.45) is 11.8 Å². The van der Waals surface area contributed by atoms with E-state index in [4.69, 9.17) is 16.1 Å². The fourth-order valence-corrected chi connectivity index (χ4v) is 5.53. The molecule has 162 valence electrons. The van der Waals surface area contributed by atoms with Crippen LogP contribution in [-0.2, 0) is 6.54 Å². The van der Waals surface area contributed by atoms with Gasteiger partial charge in [-0.2, -0.15) is 4.98 Å². The number of piperazine rings is 1. The second-order valence-electron chi connectivity index (χ2n) is 9.18. The molecule has 0 unspecified atom stereocenters. The highest BCUT2D eigenvalue weighted by Crippen LogP contribution is 2.39. The third-order valence-electron chi connectivity index (χ3n) is 7.12. The van der Waals surface area contributed by atoms with Crippen molar-refractivity contribution in [3.05, 3.63) is 35.2 Å². The molecule has 30 heavy (non-hydrogen) atoms. The van der Waals surface area contributed by atoms with Crippen LogP contribution in [0.15, 0.2) is 28.8 Å². The zero-order valence-corrected chi connectivity index (χ0v) is 18.2. The van der Waals surface area contributed by atoms with Gasteiger partial charge in [0.2, 0.25) is 11.7 Å². The Kier molecular flexibility index (Phi) is 5.82. The van der Waals surface area contributed by atoms with E-state index >= 15 is 0 Å². The van der Waals surface area contributed by atoms with Gasteiger partial charge >= 0.3 is 0 Å². The summed E-state index contributed by atoms with van der Waals surface area (Å²) in [7, 11) is 2.18. The molecule has 7 nitrogen and oxygen atoms in total. The number of aliphatic hydroxyl groups is 1. The van der Waals surface area contributed by atoms with Gasteiger partial charge in [-0.1, -0.05) is 16.8 Å². The van der Waals surface area contributed by atoms with Crippen LogP contribution in [0, 0.1) is 11.8 Å². The normalized spacial score (nSPS) is 31.2. The molecule has 3 fully saturated rings. The lowest BCUT2D eigenvalue weighted by atomic mass is 9.77. The summed E-state index contributed by atoms with van der Waals surface area (Å²) in [6.07, 6.45) is 1.78. The topological polar surface area (TPSA) is 68.9 Å². The molecular weight excluding hydrogens is 402 g/mol. The minimum absolute atomic E-state index is 0.213. The largest absolute Gasteiger partial charge is 0.391 e. The highest BCUT2D eigenvalue weighted by atomic mass is 35.5. The average Bonchev–Trinajstić information content (AvgIpc) is 3.35. The molecule has 2 saturated heterocycles. The number of halogens is 1. The van der Waals surface area contributed by atoms with Crippen LogP contribution in [0.4, 0.5) is 0 Å². The Hall–Kier alpha value is -1.51. The summed E-state index contributed by atoms with van der Waals surface area (Å²) in [5, 5.41) is 15.7. The monoisotopic (exact) mass is 431 g/mol. The van der Waals surface area contributed by atoms with Crippen molar-refractivity contribution >= 4 is 11.6 Å². The quantitative estimate of drug-likeness (QED) is 0.795. The zero-order valence-electron chi connectivity index (χ0n) is 17.5. The Bertz CT molecular complexity index is 851. The van der Waals surface area contributed by atoms with E-state index < -0.39 is 0 Å². The van der Waals surface area contributed by atoms with Crippen molar-refractivity contribution in [2.75, 3.05) is 46.3 Å². The van der Waals surface area contributed by atoms with E-state index in [1.807, 2.05) is 24.3 Å². The number of likely N-dealkylation sites (tertiary alicyclic amines) is 1. The lowest BCUT2D eigenvalue weighted by Gasteiger charge is -2.44.